The number of rotatable bonds is 8. The summed E-state index contributed by atoms with van der Waals surface area (Å²) < 4.78 is 65.8. The number of anilines is 2. The number of halogens is 4. The van der Waals surface area contributed by atoms with Crippen molar-refractivity contribution in [3.8, 4) is 5.75 Å². The molecule has 11 heteroatoms. The second-order valence-corrected chi connectivity index (χ2v) is 8.76. The molecule has 0 saturated carbocycles. The van der Waals surface area contributed by atoms with E-state index in [2.05, 4.69) is 10.1 Å². The van der Waals surface area contributed by atoms with Crippen LogP contribution >= 0.6 is 11.6 Å². The van der Waals surface area contributed by atoms with E-state index in [9.17, 15) is 26.4 Å². The summed E-state index contributed by atoms with van der Waals surface area (Å²) in [6, 6.07) is 9.63. The van der Waals surface area contributed by atoms with Gasteiger partial charge in [-0.1, -0.05) is 17.7 Å². The van der Waals surface area contributed by atoms with Crippen molar-refractivity contribution in [2.24, 2.45) is 0 Å². The lowest BCUT2D eigenvalue weighted by atomic mass is 10.2. The minimum Gasteiger partial charge on any atom is -0.406 e. The number of amides is 1. The lowest BCUT2D eigenvalue weighted by Crippen LogP contribution is -2.32. The monoisotopic (exact) mass is 464 g/mol. The molecule has 0 fully saturated rings. The molecule has 0 unspecified atom stereocenters. The molecule has 30 heavy (non-hydrogen) atoms. The molecule has 6 nitrogen and oxygen atoms in total. The standard InChI is InChI=1S/C19H20ClF3N2O4S/c1-13-16(20)5-3-6-17(13)25(30(2,27)28)12-4-7-18(26)24-14-8-10-15(11-9-14)29-19(21,22)23/h3,5-6,8-11H,4,7,12H2,1-2H3,(H,24,26). The maximum absolute atomic E-state index is 12.2. The third-order valence-corrected chi connectivity index (χ3v) is 5.63. The number of nitrogens with one attached hydrogen (secondary N) is 1. The number of sulfonamides is 1. The van der Waals surface area contributed by atoms with E-state index in [1.165, 1.54) is 16.4 Å². The van der Waals surface area contributed by atoms with E-state index < -0.39 is 28.0 Å². The molecule has 0 aliphatic heterocycles. The van der Waals surface area contributed by atoms with Gasteiger partial charge in [-0.05, 0) is 55.3 Å². The topological polar surface area (TPSA) is 75.7 Å². The van der Waals surface area contributed by atoms with Gasteiger partial charge in [0.15, 0.2) is 0 Å². The fourth-order valence-corrected chi connectivity index (χ4v) is 3.86. The Balaban J connectivity index is 1.95. The van der Waals surface area contributed by atoms with Gasteiger partial charge in [0.1, 0.15) is 5.75 Å². The molecule has 0 radical (unpaired) electrons. The van der Waals surface area contributed by atoms with Crippen LogP contribution in [0.15, 0.2) is 42.5 Å². The normalized spacial score (nSPS) is 11.8. The van der Waals surface area contributed by atoms with Crippen molar-refractivity contribution in [1.82, 2.24) is 0 Å². The van der Waals surface area contributed by atoms with E-state index in [0.29, 0.717) is 22.0 Å². The minimum atomic E-state index is -4.79. The zero-order valence-electron chi connectivity index (χ0n) is 16.2. The zero-order valence-corrected chi connectivity index (χ0v) is 17.7. The van der Waals surface area contributed by atoms with Crippen LogP contribution in [0.25, 0.3) is 0 Å². The van der Waals surface area contributed by atoms with Gasteiger partial charge in [-0.3, -0.25) is 9.10 Å². The molecule has 0 aliphatic rings. The molecule has 164 valence electrons. The summed E-state index contributed by atoms with van der Waals surface area (Å²) in [5, 5.41) is 2.97. The molecule has 2 aromatic rings. The first-order valence-electron chi connectivity index (χ1n) is 8.75. The SMILES string of the molecule is Cc1c(Cl)cccc1N(CCCC(=O)Nc1ccc(OC(F)(F)F)cc1)S(C)(=O)=O. The largest absolute Gasteiger partial charge is 0.573 e. The molecule has 0 saturated heterocycles. The molecule has 0 atom stereocenters. The van der Waals surface area contributed by atoms with Crippen molar-refractivity contribution in [2.75, 3.05) is 22.4 Å². The molecular formula is C19H20ClF3N2O4S. The number of hydrogen-bond acceptors (Lipinski definition) is 4. The highest BCUT2D eigenvalue weighted by Crippen LogP contribution is 2.28. The zero-order chi connectivity index (χ0) is 22.5. The van der Waals surface area contributed by atoms with Crippen LogP contribution in [0.2, 0.25) is 5.02 Å². The van der Waals surface area contributed by atoms with Gasteiger partial charge < -0.3 is 10.1 Å². The number of ether oxygens (including phenoxy) is 1. The smallest absolute Gasteiger partial charge is 0.406 e. The summed E-state index contributed by atoms with van der Waals surface area (Å²) in [6.45, 7) is 1.76. The highest BCUT2D eigenvalue weighted by atomic mass is 35.5. The average molecular weight is 465 g/mol. The van der Waals surface area contributed by atoms with Gasteiger partial charge in [-0.15, -0.1) is 13.2 Å². The summed E-state index contributed by atoms with van der Waals surface area (Å²) in [5.74, 6) is -0.808. The summed E-state index contributed by atoms with van der Waals surface area (Å²) in [6.07, 6.45) is -3.50. The summed E-state index contributed by atoms with van der Waals surface area (Å²) in [4.78, 5) is 12.1. The molecule has 1 N–H and O–H groups in total. The molecule has 0 bridgehead atoms. The second kappa shape index (κ2) is 9.57. The van der Waals surface area contributed by atoms with E-state index in [4.69, 9.17) is 11.6 Å². The van der Waals surface area contributed by atoms with Gasteiger partial charge in [0.05, 0.1) is 11.9 Å². The maximum Gasteiger partial charge on any atom is 0.573 e. The average Bonchev–Trinajstić information content (AvgIpc) is 2.61. The van der Waals surface area contributed by atoms with Gasteiger partial charge in [-0.25, -0.2) is 8.42 Å². The first kappa shape index (κ1) is 23.8. The van der Waals surface area contributed by atoms with Gasteiger partial charge >= 0.3 is 6.36 Å². The molecule has 1 amide bonds. The van der Waals surface area contributed by atoms with Crippen molar-refractivity contribution >= 4 is 38.9 Å². The van der Waals surface area contributed by atoms with Crippen LogP contribution in [-0.4, -0.2) is 33.5 Å². The Hall–Kier alpha value is -2.46. The van der Waals surface area contributed by atoms with Crippen LogP contribution in [-0.2, 0) is 14.8 Å². The Morgan fingerprint density at radius 1 is 1.17 bits per heavy atom. The number of nitrogens with zero attached hydrogens (tertiary/aromatic N) is 1. The maximum atomic E-state index is 12.2. The molecule has 0 heterocycles. The van der Waals surface area contributed by atoms with Crippen molar-refractivity contribution in [3.05, 3.63) is 53.1 Å². The first-order chi connectivity index (χ1) is 13.9. The lowest BCUT2D eigenvalue weighted by Gasteiger charge is -2.24. The van der Waals surface area contributed by atoms with Crippen LogP contribution in [0.1, 0.15) is 18.4 Å². The lowest BCUT2D eigenvalue weighted by molar-refractivity contribution is -0.274. The fraction of sp³-hybridized carbons (Fsp3) is 0.316. The molecule has 0 aliphatic carbocycles. The quantitative estimate of drug-likeness (QED) is 0.612. The molecular weight excluding hydrogens is 445 g/mol. The van der Waals surface area contributed by atoms with Crippen molar-refractivity contribution in [1.29, 1.82) is 0 Å². The van der Waals surface area contributed by atoms with E-state index in [0.717, 1.165) is 18.4 Å². The summed E-state index contributed by atoms with van der Waals surface area (Å²) in [7, 11) is -3.60. The highest BCUT2D eigenvalue weighted by molar-refractivity contribution is 7.92. The summed E-state index contributed by atoms with van der Waals surface area (Å²) in [5.41, 5.74) is 1.33. The fourth-order valence-electron chi connectivity index (χ4n) is 2.68. The predicted molar refractivity (Wildman–Crippen MR) is 109 cm³/mol. The van der Waals surface area contributed by atoms with E-state index in [-0.39, 0.29) is 19.4 Å². The Labute approximate surface area is 177 Å². The van der Waals surface area contributed by atoms with Crippen LogP contribution in [0.3, 0.4) is 0 Å². The highest BCUT2D eigenvalue weighted by Gasteiger charge is 2.31. The van der Waals surface area contributed by atoms with Crippen LogP contribution < -0.4 is 14.4 Å². The Morgan fingerprint density at radius 2 is 1.80 bits per heavy atom. The Morgan fingerprint density at radius 3 is 2.37 bits per heavy atom. The number of carbonyl (C=O) groups excluding carboxylic acids is 1. The molecule has 2 aromatic carbocycles. The van der Waals surface area contributed by atoms with Crippen LogP contribution in [0, 0.1) is 6.92 Å². The van der Waals surface area contributed by atoms with Crippen molar-refractivity contribution in [3.63, 3.8) is 0 Å². The van der Waals surface area contributed by atoms with Gasteiger partial charge in [0, 0.05) is 23.7 Å². The third-order valence-electron chi connectivity index (χ3n) is 4.04. The number of benzene rings is 2. The van der Waals surface area contributed by atoms with E-state index >= 15 is 0 Å². The Kier molecular flexibility index (Phi) is 7.59. The van der Waals surface area contributed by atoms with Crippen molar-refractivity contribution in [2.45, 2.75) is 26.1 Å². The van der Waals surface area contributed by atoms with Crippen molar-refractivity contribution < 1.29 is 31.1 Å². The van der Waals surface area contributed by atoms with E-state index in [1.807, 2.05) is 0 Å². The van der Waals surface area contributed by atoms with Crippen LogP contribution in [0.5, 0.6) is 5.75 Å². The number of carbonyl (C=O) groups is 1. The Bertz CT molecular complexity index is 996. The second-order valence-electron chi connectivity index (χ2n) is 6.44. The molecule has 0 spiro atoms. The van der Waals surface area contributed by atoms with Gasteiger partial charge in [0.25, 0.3) is 0 Å². The predicted octanol–water partition coefficient (Wildman–Crippen LogP) is 4.73. The molecule has 2 rings (SSSR count). The van der Waals surface area contributed by atoms with E-state index in [1.54, 1.807) is 25.1 Å². The van der Waals surface area contributed by atoms with Gasteiger partial charge in [-0.2, -0.15) is 0 Å². The minimum absolute atomic E-state index is 0.00638. The number of hydrogen-bond donors (Lipinski definition) is 1. The summed E-state index contributed by atoms with van der Waals surface area (Å²) >= 11 is 6.07. The van der Waals surface area contributed by atoms with Gasteiger partial charge in [0.2, 0.25) is 15.9 Å². The molecule has 0 aromatic heterocycles. The van der Waals surface area contributed by atoms with Crippen LogP contribution in [0.4, 0.5) is 24.5 Å². The number of alkyl halides is 3. The first-order valence-corrected chi connectivity index (χ1v) is 11.0. The third kappa shape index (κ3) is 7.10.